The van der Waals surface area contributed by atoms with Gasteiger partial charge in [-0.1, -0.05) is 6.92 Å². The van der Waals surface area contributed by atoms with Crippen LogP contribution in [0.25, 0.3) is 0 Å². The highest BCUT2D eigenvalue weighted by molar-refractivity contribution is 7.98. The normalized spacial score (nSPS) is 24.0. The van der Waals surface area contributed by atoms with Gasteiger partial charge in [-0.25, -0.2) is 14.8 Å². The predicted molar refractivity (Wildman–Crippen MR) is 71.0 cm³/mol. The van der Waals surface area contributed by atoms with Crippen LogP contribution in [0.3, 0.4) is 0 Å². The lowest BCUT2D eigenvalue weighted by Crippen LogP contribution is -2.49. The Hall–Kier alpha value is -1.30. The van der Waals surface area contributed by atoms with Crippen molar-refractivity contribution in [3.63, 3.8) is 0 Å². The molecule has 0 spiro atoms. The Morgan fingerprint density at radius 1 is 1.56 bits per heavy atom. The molecule has 2 rings (SSSR count). The summed E-state index contributed by atoms with van der Waals surface area (Å²) in [4.78, 5) is 21.6. The summed E-state index contributed by atoms with van der Waals surface area (Å²) in [7, 11) is 0. The number of thioether (sulfide) groups is 1. The lowest BCUT2D eigenvalue weighted by atomic mass is 9.91. The van der Waals surface area contributed by atoms with Crippen molar-refractivity contribution < 1.29 is 9.90 Å². The Kier molecular flexibility index (Phi) is 4.06. The minimum atomic E-state index is -0.772. The molecule has 1 N–H and O–H groups in total. The Labute approximate surface area is 111 Å². The minimum Gasteiger partial charge on any atom is -0.480 e. The summed E-state index contributed by atoms with van der Waals surface area (Å²) in [6.07, 6.45) is 5.40. The number of aliphatic carboxylic acids is 1. The van der Waals surface area contributed by atoms with E-state index in [4.69, 9.17) is 0 Å². The zero-order valence-corrected chi connectivity index (χ0v) is 11.4. The smallest absolute Gasteiger partial charge is 0.326 e. The summed E-state index contributed by atoms with van der Waals surface area (Å²) in [6, 6.07) is 1.38. The molecule has 1 aliphatic heterocycles. The van der Waals surface area contributed by atoms with Crippen LogP contribution < -0.4 is 4.90 Å². The number of carbonyl (C=O) groups is 1. The van der Waals surface area contributed by atoms with E-state index < -0.39 is 12.0 Å². The van der Waals surface area contributed by atoms with Crippen LogP contribution in [0.1, 0.15) is 19.8 Å². The summed E-state index contributed by atoms with van der Waals surface area (Å²) in [6.45, 7) is 2.73. The maximum absolute atomic E-state index is 11.4. The van der Waals surface area contributed by atoms with Crippen LogP contribution >= 0.6 is 11.8 Å². The molecule has 1 aliphatic rings. The fourth-order valence-corrected chi connectivity index (χ4v) is 2.80. The Morgan fingerprint density at radius 3 is 3.00 bits per heavy atom. The number of hydrogen-bond donors (Lipinski definition) is 1. The monoisotopic (exact) mass is 267 g/mol. The largest absolute Gasteiger partial charge is 0.480 e. The quantitative estimate of drug-likeness (QED) is 0.666. The van der Waals surface area contributed by atoms with E-state index in [-0.39, 0.29) is 5.92 Å². The highest BCUT2D eigenvalue weighted by Crippen LogP contribution is 2.28. The van der Waals surface area contributed by atoms with E-state index in [9.17, 15) is 9.90 Å². The fourth-order valence-electron chi connectivity index (χ4n) is 2.42. The van der Waals surface area contributed by atoms with Crippen molar-refractivity contribution in [3.8, 4) is 0 Å². The van der Waals surface area contributed by atoms with Gasteiger partial charge < -0.3 is 10.0 Å². The van der Waals surface area contributed by atoms with Gasteiger partial charge in [0, 0.05) is 12.6 Å². The van der Waals surface area contributed by atoms with E-state index in [1.807, 2.05) is 24.1 Å². The topological polar surface area (TPSA) is 66.3 Å². The molecule has 1 fully saturated rings. The van der Waals surface area contributed by atoms with Crippen LogP contribution in [0.5, 0.6) is 0 Å². The number of carboxylic acids is 1. The molecule has 2 heterocycles. The molecule has 6 heteroatoms. The highest BCUT2D eigenvalue weighted by Gasteiger charge is 2.35. The second kappa shape index (κ2) is 5.56. The number of rotatable bonds is 3. The molecule has 2 atom stereocenters. The number of carboxylic acid groups (broad SMARTS) is 1. The molecule has 0 radical (unpaired) electrons. The van der Waals surface area contributed by atoms with E-state index in [0.29, 0.717) is 5.82 Å². The van der Waals surface area contributed by atoms with Gasteiger partial charge in [0.15, 0.2) is 0 Å². The first kappa shape index (κ1) is 13.1. The molecule has 0 saturated carbocycles. The number of aromatic nitrogens is 2. The van der Waals surface area contributed by atoms with E-state index in [0.717, 1.165) is 24.4 Å². The Bertz CT molecular complexity index is 441. The van der Waals surface area contributed by atoms with Gasteiger partial charge in [0.1, 0.15) is 23.2 Å². The maximum Gasteiger partial charge on any atom is 0.326 e. The van der Waals surface area contributed by atoms with Crippen molar-refractivity contribution >= 4 is 23.5 Å². The van der Waals surface area contributed by atoms with E-state index >= 15 is 0 Å². The molecule has 1 saturated heterocycles. The van der Waals surface area contributed by atoms with Crippen LogP contribution in [0.2, 0.25) is 0 Å². The lowest BCUT2D eigenvalue weighted by molar-refractivity contribution is -0.140. The molecule has 1 aromatic heterocycles. The summed E-state index contributed by atoms with van der Waals surface area (Å²) >= 11 is 1.53. The standard InChI is InChI=1S/C12H17N3O2S/c1-8-4-3-5-15(11(8)12(16)17)9-6-10(18-2)14-7-13-9/h6-8,11H,3-5H2,1-2H3,(H,16,17). The second-order valence-electron chi connectivity index (χ2n) is 4.51. The first-order valence-electron chi connectivity index (χ1n) is 5.99. The van der Waals surface area contributed by atoms with Gasteiger partial charge in [0.25, 0.3) is 0 Å². The molecule has 0 amide bonds. The number of nitrogens with zero attached hydrogens (tertiary/aromatic N) is 3. The number of hydrogen-bond acceptors (Lipinski definition) is 5. The summed E-state index contributed by atoms with van der Waals surface area (Å²) in [5.74, 6) is 0.0868. The summed E-state index contributed by atoms with van der Waals surface area (Å²) in [5.41, 5.74) is 0. The van der Waals surface area contributed by atoms with Gasteiger partial charge in [-0.15, -0.1) is 11.8 Å². The van der Waals surface area contributed by atoms with Gasteiger partial charge in [0.05, 0.1) is 0 Å². The van der Waals surface area contributed by atoms with Crippen molar-refractivity contribution in [3.05, 3.63) is 12.4 Å². The van der Waals surface area contributed by atoms with Crippen molar-refractivity contribution in [1.82, 2.24) is 9.97 Å². The summed E-state index contributed by atoms with van der Waals surface area (Å²) in [5, 5.41) is 10.2. The van der Waals surface area contributed by atoms with E-state index in [1.165, 1.54) is 18.1 Å². The zero-order chi connectivity index (χ0) is 13.1. The summed E-state index contributed by atoms with van der Waals surface area (Å²) < 4.78 is 0. The molecule has 5 nitrogen and oxygen atoms in total. The SMILES string of the molecule is CSc1cc(N2CCCC(C)C2C(=O)O)ncn1. The Balaban J connectivity index is 2.31. The van der Waals surface area contributed by atoms with E-state index in [2.05, 4.69) is 9.97 Å². The van der Waals surface area contributed by atoms with Gasteiger partial charge in [-0.05, 0) is 25.0 Å². The van der Waals surface area contributed by atoms with Crippen molar-refractivity contribution in [2.24, 2.45) is 5.92 Å². The maximum atomic E-state index is 11.4. The van der Waals surface area contributed by atoms with Gasteiger partial charge >= 0.3 is 5.97 Å². The molecule has 0 aromatic carbocycles. The van der Waals surface area contributed by atoms with Crippen LogP contribution in [0, 0.1) is 5.92 Å². The first-order chi connectivity index (χ1) is 8.63. The number of piperidine rings is 1. The second-order valence-corrected chi connectivity index (χ2v) is 5.34. The minimum absolute atomic E-state index is 0.143. The molecule has 0 aliphatic carbocycles. The van der Waals surface area contributed by atoms with Crippen LogP contribution in [0.15, 0.2) is 17.4 Å². The van der Waals surface area contributed by atoms with E-state index in [1.54, 1.807) is 0 Å². The fraction of sp³-hybridized carbons (Fsp3) is 0.583. The van der Waals surface area contributed by atoms with Gasteiger partial charge in [-0.3, -0.25) is 0 Å². The third-order valence-corrected chi connectivity index (χ3v) is 3.96. The van der Waals surface area contributed by atoms with Crippen LogP contribution in [-0.4, -0.2) is 39.9 Å². The van der Waals surface area contributed by atoms with Crippen molar-refractivity contribution in [2.75, 3.05) is 17.7 Å². The molecule has 18 heavy (non-hydrogen) atoms. The average Bonchev–Trinajstić information content (AvgIpc) is 2.38. The highest BCUT2D eigenvalue weighted by atomic mass is 32.2. The molecule has 2 unspecified atom stereocenters. The zero-order valence-electron chi connectivity index (χ0n) is 10.5. The first-order valence-corrected chi connectivity index (χ1v) is 7.21. The van der Waals surface area contributed by atoms with Crippen LogP contribution in [0.4, 0.5) is 5.82 Å². The van der Waals surface area contributed by atoms with Crippen molar-refractivity contribution in [2.45, 2.75) is 30.8 Å². The molecule has 98 valence electrons. The van der Waals surface area contributed by atoms with Crippen LogP contribution in [-0.2, 0) is 4.79 Å². The molecule has 1 aromatic rings. The molecular weight excluding hydrogens is 250 g/mol. The number of anilines is 1. The average molecular weight is 267 g/mol. The van der Waals surface area contributed by atoms with Crippen molar-refractivity contribution in [1.29, 1.82) is 0 Å². The van der Waals surface area contributed by atoms with Gasteiger partial charge in [-0.2, -0.15) is 0 Å². The van der Waals surface area contributed by atoms with Gasteiger partial charge in [0.2, 0.25) is 0 Å². The third kappa shape index (κ3) is 2.58. The third-order valence-electron chi connectivity index (χ3n) is 3.32. The Morgan fingerprint density at radius 2 is 2.33 bits per heavy atom. The molecule has 0 bridgehead atoms. The molecular formula is C12H17N3O2S. The predicted octanol–water partition coefficient (Wildman–Crippen LogP) is 1.89. The lowest BCUT2D eigenvalue weighted by Gasteiger charge is -2.38.